The van der Waals surface area contributed by atoms with E-state index in [1.165, 1.54) is 5.56 Å². The second-order valence-corrected chi connectivity index (χ2v) is 8.43. The first-order valence-electron chi connectivity index (χ1n) is 9.65. The minimum absolute atomic E-state index is 0.512. The van der Waals surface area contributed by atoms with Crippen molar-refractivity contribution in [3.05, 3.63) is 71.8 Å². The molecule has 150 valence electrons. The third-order valence-electron chi connectivity index (χ3n) is 5.02. The lowest BCUT2D eigenvalue weighted by Gasteiger charge is -2.32. The molecule has 1 fully saturated rings. The number of piperidine rings is 1. The summed E-state index contributed by atoms with van der Waals surface area (Å²) < 4.78 is 14.8. The molecule has 2 aromatic rings. The summed E-state index contributed by atoms with van der Waals surface area (Å²) in [7, 11) is 0.580. The first-order chi connectivity index (χ1) is 13.7. The van der Waals surface area contributed by atoms with E-state index in [9.17, 15) is 4.21 Å². The topological polar surface area (TPSA) is 83.3 Å². The highest BCUT2D eigenvalue weighted by Gasteiger charge is 2.21. The van der Waals surface area contributed by atoms with Gasteiger partial charge in [-0.05, 0) is 68.7 Å². The molecule has 7 heteroatoms. The van der Waals surface area contributed by atoms with E-state index in [0.29, 0.717) is 12.5 Å². The number of likely N-dealkylation sites (tertiary alicyclic amines) is 1. The fraction of sp³-hybridized carbons (Fsp3) is 0.381. The number of rotatable bonds is 8. The number of pyridine rings is 1. The minimum atomic E-state index is -1.13. The largest absolute Gasteiger partial charge is 0.400 e. The molecule has 3 rings (SSSR count). The smallest absolute Gasteiger partial charge is 0.124 e. The van der Waals surface area contributed by atoms with Crippen LogP contribution in [0.15, 0.2) is 65.5 Å². The van der Waals surface area contributed by atoms with Crippen molar-refractivity contribution in [3.8, 4) is 0 Å². The summed E-state index contributed by atoms with van der Waals surface area (Å²) in [5.74, 6) is 0.512. The quantitative estimate of drug-likeness (QED) is 0.633. The lowest BCUT2D eigenvalue weighted by Crippen LogP contribution is -2.36. The Morgan fingerprint density at radius 2 is 2.11 bits per heavy atom. The van der Waals surface area contributed by atoms with E-state index in [2.05, 4.69) is 32.1 Å². The van der Waals surface area contributed by atoms with Gasteiger partial charge in [0, 0.05) is 24.6 Å². The van der Waals surface area contributed by atoms with Crippen molar-refractivity contribution < 1.29 is 4.21 Å². The molecule has 0 aliphatic carbocycles. The summed E-state index contributed by atoms with van der Waals surface area (Å²) in [6.07, 6.45) is 5.85. The van der Waals surface area contributed by atoms with Crippen molar-refractivity contribution in [2.45, 2.75) is 30.2 Å². The van der Waals surface area contributed by atoms with E-state index in [1.807, 2.05) is 36.5 Å². The van der Waals surface area contributed by atoms with Crippen LogP contribution in [0.1, 0.15) is 30.0 Å². The van der Waals surface area contributed by atoms with Gasteiger partial charge in [-0.2, -0.15) is 0 Å². The van der Waals surface area contributed by atoms with Gasteiger partial charge >= 0.3 is 0 Å². The molecule has 1 unspecified atom stereocenters. The number of aromatic nitrogens is 1. The Morgan fingerprint density at radius 1 is 1.29 bits per heavy atom. The Kier molecular flexibility index (Phi) is 7.59. The number of nitrogens with zero attached hydrogens (tertiary/aromatic N) is 2. The highest BCUT2D eigenvalue weighted by atomic mass is 32.2. The third kappa shape index (κ3) is 5.89. The summed E-state index contributed by atoms with van der Waals surface area (Å²) in [4.78, 5) is 7.52. The molecule has 0 bridgehead atoms. The molecule has 0 saturated carbocycles. The highest BCUT2D eigenvalue weighted by molar-refractivity contribution is 7.83. The zero-order chi connectivity index (χ0) is 19.8. The first-order valence-corrected chi connectivity index (χ1v) is 10.8. The van der Waals surface area contributed by atoms with Crippen LogP contribution in [0.2, 0.25) is 0 Å². The van der Waals surface area contributed by atoms with E-state index in [-0.39, 0.29) is 0 Å². The van der Waals surface area contributed by atoms with Gasteiger partial charge < -0.3 is 11.1 Å². The molecule has 1 aromatic carbocycles. The summed E-state index contributed by atoms with van der Waals surface area (Å²) in [6.45, 7) is 3.47. The Labute approximate surface area is 169 Å². The third-order valence-corrected chi connectivity index (χ3v) is 6.07. The summed E-state index contributed by atoms with van der Waals surface area (Å²) in [5.41, 5.74) is 9.29. The summed E-state index contributed by atoms with van der Waals surface area (Å²) in [5, 5.41) is 3.24. The number of benzene rings is 1. The van der Waals surface area contributed by atoms with Gasteiger partial charge in [-0.1, -0.05) is 18.2 Å². The van der Waals surface area contributed by atoms with Crippen molar-refractivity contribution in [3.63, 3.8) is 0 Å². The van der Waals surface area contributed by atoms with Crippen LogP contribution in [-0.4, -0.2) is 40.8 Å². The lowest BCUT2D eigenvalue weighted by molar-refractivity contribution is 0.227. The van der Waals surface area contributed by atoms with Gasteiger partial charge in [0.05, 0.1) is 17.1 Å². The Balaban J connectivity index is 1.46. The molecule has 1 atom stereocenters. The Morgan fingerprint density at radius 3 is 2.82 bits per heavy atom. The highest BCUT2D eigenvalue weighted by Crippen LogP contribution is 2.29. The molecular formula is C21H29N5OS. The molecule has 0 spiro atoms. The van der Waals surface area contributed by atoms with Crippen LogP contribution in [0.4, 0.5) is 0 Å². The molecule has 1 saturated heterocycles. The SMILES string of the molecule is CNS(=O)c1cccc(C2CCN(C/C(N)=C/NCc3ccccn3)CC2)c1. The van der Waals surface area contributed by atoms with Gasteiger partial charge in [0.15, 0.2) is 0 Å². The van der Waals surface area contributed by atoms with Crippen LogP contribution in [0.3, 0.4) is 0 Å². The van der Waals surface area contributed by atoms with Crippen LogP contribution in [0.5, 0.6) is 0 Å². The standard InChI is InChI=1S/C21H29N5OS/c1-23-28(27)21-7-4-5-18(13-21)17-8-11-26(12-9-17)16-19(22)14-24-15-20-6-2-3-10-25-20/h2-7,10,13-14,17,23-24H,8-9,11-12,15-16,22H2,1H3/b19-14-. The van der Waals surface area contributed by atoms with Crippen molar-refractivity contribution in [2.24, 2.45) is 5.73 Å². The zero-order valence-corrected chi connectivity index (χ0v) is 17.1. The van der Waals surface area contributed by atoms with Crippen molar-refractivity contribution in [1.29, 1.82) is 0 Å². The zero-order valence-electron chi connectivity index (χ0n) is 16.3. The van der Waals surface area contributed by atoms with E-state index in [4.69, 9.17) is 5.73 Å². The minimum Gasteiger partial charge on any atom is -0.400 e. The maximum absolute atomic E-state index is 12.0. The molecule has 1 aliphatic rings. The van der Waals surface area contributed by atoms with Crippen molar-refractivity contribution in [2.75, 3.05) is 26.7 Å². The predicted molar refractivity (Wildman–Crippen MR) is 114 cm³/mol. The van der Waals surface area contributed by atoms with E-state index >= 15 is 0 Å². The molecule has 6 nitrogen and oxygen atoms in total. The van der Waals surface area contributed by atoms with Gasteiger partial charge in [0.1, 0.15) is 11.0 Å². The summed E-state index contributed by atoms with van der Waals surface area (Å²) in [6, 6.07) is 14.0. The Hall–Kier alpha value is -2.22. The fourth-order valence-corrected chi connectivity index (χ4v) is 4.20. The molecule has 0 radical (unpaired) electrons. The number of hydrogen-bond acceptors (Lipinski definition) is 5. The van der Waals surface area contributed by atoms with E-state index < -0.39 is 11.0 Å². The monoisotopic (exact) mass is 399 g/mol. The van der Waals surface area contributed by atoms with Crippen LogP contribution in [0, 0.1) is 0 Å². The molecule has 1 aromatic heterocycles. The normalized spacial score (nSPS) is 17.4. The van der Waals surface area contributed by atoms with Crippen LogP contribution in [0.25, 0.3) is 0 Å². The maximum atomic E-state index is 12.0. The van der Waals surface area contributed by atoms with Crippen molar-refractivity contribution >= 4 is 11.0 Å². The van der Waals surface area contributed by atoms with Gasteiger partial charge in [-0.25, -0.2) is 8.93 Å². The molecule has 0 amide bonds. The van der Waals surface area contributed by atoms with Crippen LogP contribution in [-0.2, 0) is 17.5 Å². The van der Waals surface area contributed by atoms with Crippen molar-refractivity contribution in [1.82, 2.24) is 19.9 Å². The maximum Gasteiger partial charge on any atom is 0.124 e. The average Bonchev–Trinajstić information content (AvgIpc) is 2.74. The summed E-state index contributed by atoms with van der Waals surface area (Å²) >= 11 is 0. The van der Waals surface area contributed by atoms with Gasteiger partial charge in [-0.15, -0.1) is 0 Å². The lowest BCUT2D eigenvalue weighted by atomic mass is 9.89. The van der Waals surface area contributed by atoms with E-state index in [0.717, 1.165) is 48.8 Å². The number of hydrogen-bond donors (Lipinski definition) is 3. The molecule has 2 heterocycles. The van der Waals surface area contributed by atoms with Gasteiger partial charge in [-0.3, -0.25) is 9.88 Å². The Bertz CT molecular complexity index is 803. The second-order valence-electron chi connectivity index (χ2n) is 7.02. The van der Waals surface area contributed by atoms with Crippen LogP contribution >= 0.6 is 0 Å². The van der Waals surface area contributed by atoms with Crippen LogP contribution < -0.4 is 15.8 Å². The molecule has 4 N–H and O–H groups in total. The fourth-order valence-electron chi connectivity index (χ4n) is 3.52. The molecular weight excluding hydrogens is 370 g/mol. The van der Waals surface area contributed by atoms with Gasteiger partial charge in [0.25, 0.3) is 0 Å². The van der Waals surface area contributed by atoms with E-state index in [1.54, 1.807) is 13.2 Å². The first kappa shape index (κ1) is 20.5. The molecule has 28 heavy (non-hydrogen) atoms. The second kappa shape index (κ2) is 10.4. The average molecular weight is 400 g/mol. The number of nitrogens with one attached hydrogen (secondary N) is 2. The molecule has 1 aliphatic heterocycles. The van der Waals surface area contributed by atoms with Gasteiger partial charge in [0.2, 0.25) is 0 Å². The predicted octanol–water partition coefficient (Wildman–Crippen LogP) is 2.09. The number of nitrogens with two attached hydrogens (primary N) is 1.